The highest BCUT2D eigenvalue weighted by Crippen LogP contribution is 2.15. The zero-order chi connectivity index (χ0) is 9.80. The summed E-state index contributed by atoms with van der Waals surface area (Å²) in [6, 6.07) is 3.98. The van der Waals surface area contributed by atoms with Crippen LogP contribution in [-0.2, 0) is 11.2 Å². The Labute approximate surface area is 82.9 Å². The second-order valence-electron chi connectivity index (χ2n) is 3.54. The third-order valence-corrected chi connectivity index (χ3v) is 2.38. The molecule has 2 heterocycles. The van der Waals surface area contributed by atoms with Crippen molar-refractivity contribution in [1.29, 1.82) is 0 Å². The minimum atomic E-state index is 0.00689. The Morgan fingerprint density at radius 2 is 2.43 bits per heavy atom. The lowest BCUT2D eigenvalue weighted by Crippen LogP contribution is -2.14. The summed E-state index contributed by atoms with van der Waals surface area (Å²) >= 11 is 0. The van der Waals surface area contributed by atoms with Crippen LogP contribution in [0.4, 0.5) is 0 Å². The van der Waals surface area contributed by atoms with Gasteiger partial charge >= 0.3 is 0 Å². The van der Waals surface area contributed by atoms with E-state index in [1.807, 2.05) is 12.3 Å². The smallest absolute Gasteiger partial charge is 0.245 e. The number of nitrogens with zero attached hydrogens (tertiary/aromatic N) is 2. The van der Waals surface area contributed by atoms with Crippen molar-refractivity contribution in [1.82, 2.24) is 4.98 Å². The fourth-order valence-corrected chi connectivity index (χ4v) is 1.61. The Hall–Kier alpha value is -1.51. The Morgan fingerprint density at radius 3 is 3.07 bits per heavy atom. The second kappa shape index (κ2) is 4.13. The van der Waals surface area contributed by atoms with Gasteiger partial charge in [0.05, 0.1) is 0 Å². The Balaban J connectivity index is 1.99. The second-order valence-corrected chi connectivity index (χ2v) is 3.54. The molecule has 72 valence electrons. The number of carbonyl (C=O) groups excluding carboxylic acids is 1. The normalized spacial score (nSPS) is 21.1. The van der Waals surface area contributed by atoms with E-state index in [0.717, 1.165) is 12.8 Å². The summed E-state index contributed by atoms with van der Waals surface area (Å²) in [5.41, 5.74) is 1.21. The highest BCUT2D eigenvalue weighted by molar-refractivity contribution is 5.88. The van der Waals surface area contributed by atoms with Gasteiger partial charge in [0.1, 0.15) is 0 Å². The van der Waals surface area contributed by atoms with Gasteiger partial charge in [0.25, 0.3) is 0 Å². The summed E-state index contributed by atoms with van der Waals surface area (Å²) in [6.07, 6.45) is 7.84. The number of rotatable bonds is 2. The van der Waals surface area contributed by atoms with Crippen molar-refractivity contribution in [3.05, 3.63) is 30.1 Å². The number of pyridine rings is 1. The van der Waals surface area contributed by atoms with Crippen LogP contribution in [0, 0.1) is 5.92 Å². The molecule has 14 heavy (non-hydrogen) atoms. The maximum Gasteiger partial charge on any atom is 0.245 e. The van der Waals surface area contributed by atoms with Gasteiger partial charge < -0.3 is 0 Å². The maximum absolute atomic E-state index is 10.9. The molecule has 1 unspecified atom stereocenters. The highest BCUT2D eigenvalue weighted by Gasteiger charge is 2.14. The molecule has 1 aromatic heterocycles. The lowest BCUT2D eigenvalue weighted by atomic mass is 9.95. The van der Waals surface area contributed by atoms with Crippen LogP contribution in [0.3, 0.4) is 0 Å². The average molecular weight is 188 g/mol. The van der Waals surface area contributed by atoms with E-state index >= 15 is 0 Å². The van der Waals surface area contributed by atoms with E-state index in [-0.39, 0.29) is 5.91 Å². The van der Waals surface area contributed by atoms with E-state index in [1.54, 1.807) is 12.4 Å². The van der Waals surface area contributed by atoms with Crippen LogP contribution in [0.2, 0.25) is 0 Å². The van der Waals surface area contributed by atoms with Crippen molar-refractivity contribution in [3.8, 4) is 0 Å². The molecule has 0 radical (unpaired) electrons. The summed E-state index contributed by atoms with van der Waals surface area (Å²) < 4.78 is 0. The predicted molar refractivity (Wildman–Crippen MR) is 54.2 cm³/mol. The van der Waals surface area contributed by atoms with Crippen molar-refractivity contribution in [2.24, 2.45) is 10.9 Å². The van der Waals surface area contributed by atoms with Crippen molar-refractivity contribution in [3.63, 3.8) is 0 Å². The molecular weight excluding hydrogens is 176 g/mol. The minimum absolute atomic E-state index is 0.00689. The van der Waals surface area contributed by atoms with Crippen molar-refractivity contribution < 1.29 is 4.79 Å². The average Bonchev–Trinajstić information content (AvgIpc) is 2.23. The van der Waals surface area contributed by atoms with Gasteiger partial charge in [-0.1, -0.05) is 6.07 Å². The zero-order valence-corrected chi connectivity index (χ0v) is 7.89. The molecule has 0 aromatic carbocycles. The van der Waals surface area contributed by atoms with Crippen LogP contribution in [0.15, 0.2) is 29.5 Å². The van der Waals surface area contributed by atoms with Crippen LogP contribution < -0.4 is 0 Å². The first-order chi connectivity index (χ1) is 6.84. The van der Waals surface area contributed by atoms with Gasteiger partial charge in [0, 0.05) is 25.0 Å². The van der Waals surface area contributed by atoms with Crippen LogP contribution in [0.5, 0.6) is 0 Å². The van der Waals surface area contributed by atoms with Gasteiger partial charge in [0.2, 0.25) is 5.91 Å². The summed E-state index contributed by atoms with van der Waals surface area (Å²) in [7, 11) is 0. The molecule has 1 amide bonds. The van der Waals surface area contributed by atoms with Crippen molar-refractivity contribution >= 4 is 12.1 Å². The fourth-order valence-electron chi connectivity index (χ4n) is 1.61. The lowest BCUT2D eigenvalue weighted by molar-refractivity contribution is -0.118. The number of hydrogen-bond donors (Lipinski definition) is 0. The topological polar surface area (TPSA) is 42.3 Å². The van der Waals surface area contributed by atoms with Crippen molar-refractivity contribution in [2.45, 2.75) is 19.3 Å². The van der Waals surface area contributed by atoms with Gasteiger partial charge in [0.15, 0.2) is 0 Å². The van der Waals surface area contributed by atoms with Gasteiger partial charge in [-0.3, -0.25) is 9.78 Å². The Bertz CT molecular complexity index is 346. The number of hydrogen-bond acceptors (Lipinski definition) is 2. The first-order valence-corrected chi connectivity index (χ1v) is 4.80. The molecule has 2 rings (SSSR count). The molecule has 3 heteroatoms. The molecular formula is C11H12N2O. The molecule has 0 saturated carbocycles. The molecule has 0 N–H and O–H groups in total. The van der Waals surface area contributed by atoms with Gasteiger partial charge in [-0.2, -0.15) is 0 Å². The van der Waals surface area contributed by atoms with Gasteiger partial charge in [-0.05, 0) is 30.4 Å². The van der Waals surface area contributed by atoms with Crippen LogP contribution >= 0.6 is 0 Å². The number of amides is 1. The largest absolute Gasteiger partial charge is 0.273 e. The molecule has 1 aliphatic heterocycles. The summed E-state index contributed by atoms with van der Waals surface area (Å²) in [5.74, 6) is 0.407. The maximum atomic E-state index is 10.9. The van der Waals surface area contributed by atoms with Crippen LogP contribution in [0.1, 0.15) is 18.4 Å². The first kappa shape index (κ1) is 9.06. The Morgan fingerprint density at radius 1 is 1.50 bits per heavy atom. The molecule has 0 spiro atoms. The number of aliphatic imine (C=N–C) groups is 1. The number of aromatic nitrogens is 1. The van der Waals surface area contributed by atoms with E-state index < -0.39 is 0 Å². The van der Waals surface area contributed by atoms with E-state index in [9.17, 15) is 4.79 Å². The molecule has 0 fully saturated rings. The van der Waals surface area contributed by atoms with E-state index in [4.69, 9.17) is 0 Å². The summed E-state index contributed by atoms with van der Waals surface area (Å²) in [6.45, 7) is 0. The minimum Gasteiger partial charge on any atom is -0.273 e. The fraction of sp³-hybridized carbons (Fsp3) is 0.364. The molecule has 1 atom stereocenters. The molecule has 0 aliphatic carbocycles. The third kappa shape index (κ3) is 2.25. The van der Waals surface area contributed by atoms with Crippen LogP contribution in [0.25, 0.3) is 0 Å². The monoisotopic (exact) mass is 188 g/mol. The first-order valence-electron chi connectivity index (χ1n) is 4.80. The summed E-state index contributed by atoms with van der Waals surface area (Å²) in [4.78, 5) is 18.7. The van der Waals surface area contributed by atoms with Gasteiger partial charge in [-0.25, -0.2) is 4.99 Å². The molecule has 3 nitrogen and oxygen atoms in total. The molecule has 0 saturated heterocycles. The van der Waals surface area contributed by atoms with E-state index in [1.165, 1.54) is 5.56 Å². The third-order valence-electron chi connectivity index (χ3n) is 2.38. The number of carbonyl (C=O) groups is 1. The zero-order valence-electron chi connectivity index (χ0n) is 7.89. The van der Waals surface area contributed by atoms with E-state index in [2.05, 4.69) is 16.0 Å². The molecule has 1 aliphatic rings. The Kier molecular flexibility index (Phi) is 2.68. The quantitative estimate of drug-likeness (QED) is 0.708. The SMILES string of the molecule is O=C1CCC(Cc2cccnc2)C=N1. The van der Waals surface area contributed by atoms with E-state index in [0.29, 0.717) is 12.3 Å². The highest BCUT2D eigenvalue weighted by atomic mass is 16.1. The standard InChI is InChI=1S/C11H12N2O/c14-11-4-3-10(8-13-11)6-9-2-1-5-12-7-9/h1-2,5,7-8,10H,3-4,6H2. The lowest BCUT2D eigenvalue weighted by Gasteiger charge is -2.13. The van der Waals surface area contributed by atoms with Crippen molar-refractivity contribution in [2.75, 3.05) is 0 Å². The molecule has 0 bridgehead atoms. The summed E-state index contributed by atoms with van der Waals surface area (Å²) in [5, 5.41) is 0. The molecule has 1 aromatic rings. The van der Waals surface area contributed by atoms with Crippen LogP contribution in [-0.4, -0.2) is 17.1 Å². The predicted octanol–water partition coefficient (Wildman–Crippen LogP) is 1.63. The van der Waals surface area contributed by atoms with Gasteiger partial charge in [-0.15, -0.1) is 0 Å².